The van der Waals surface area contributed by atoms with Crippen molar-refractivity contribution in [3.8, 4) is 11.4 Å². The predicted octanol–water partition coefficient (Wildman–Crippen LogP) is 2.41. The van der Waals surface area contributed by atoms with Crippen LogP contribution in [0.2, 0.25) is 0 Å². The maximum absolute atomic E-state index is 5.88. The molecule has 0 amide bonds. The number of hydrogen-bond acceptors (Lipinski definition) is 5. The fraction of sp³-hybridized carbons (Fsp3) is 0.200. The second kappa shape index (κ2) is 4.94. The first-order valence-corrected chi connectivity index (χ1v) is 6.45. The van der Waals surface area contributed by atoms with Crippen molar-refractivity contribution in [2.75, 3.05) is 0 Å². The van der Waals surface area contributed by atoms with Crippen molar-refractivity contribution < 1.29 is 0 Å². The van der Waals surface area contributed by atoms with Gasteiger partial charge in [0.2, 0.25) is 0 Å². The smallest absolute Gasteiger partial charge is 0.159 e. The molecule has 2 heterocycles. The zero-order valence-electron chi connectivity index (χ0n) is 11.4. The number of nitrogens with zero attached hydrogens (tertiary/aromatic N) is 4. The van der Waals surface area contributed by atoms with Crippen LogP contribution in [0.25, 0.3) is 22.4 Å². The molecule has 1 aromatic carbocycles. The summed E-state index contributed by atoms with van der Waals surface area (Å²) in [6.45, 7) is 3.88. The van der Waals surface area contributed by atoms with Crippen molar-refractivity contribution in [3.63, 3.8) is 0 Å². The van der Waals surface area contributed by atoms with Crippen molar-refractivity contribution in [2.24, 2.45) is 5.73 Å². The summed E-state index contributed by atoms with van der Waals surface area (Å²) in [6.07, 6.45) is 5.15. The lowest BCUT2D eigenvalue weighted by atomic mass is 10.1. The lowest BCUT2D eigenvalue weighted by Gasteiger charge is -2.10. The van der Waals surface area contributed by atoms with Crippen LogP contribution in [0.3, 0.4) is 0 Å². The van der Waals surface area contributed by atoms with Gasteiger partial charge in [-0.1, -0.05) is 0 Å². The van der Waals surface area contributed by atoms with Gasteiger partial charge in [-0.3, -0.25) is 9.97 Å². The topological polar surface area (TPSA) is 77.6 Å². The van der Waals surface area contributed by atoms with E-state index in [4.69, 9.17) is 5.73 Å². The average Bonchev–Trinajstić information content (AvgIpc) is 2.46. The maximum Gasteiger partial charge on any atom is 0.159 e. The Kier molecular flexibility index (Phi) is 3.12. The van der Waals surface area contributed by atoms with Gasteiger partial charge in [-0.25, -0.2) is 9.97 Å². The first-order valence-electron chi connectivity index (χ1n) is 6.45. The molecule has 5 heteroatoms. The van der Waals surface area contributed by atoms with Crippen LogP contribution in [-0.2, 0) is 0 Å². The molecule has 0 bridgehead atoms. The normalized spacial score (nSPS) is 12.6. The molecule has 2 N–H and O–H groups in total. The van der Waals surface area contributed by atoms with Crippen molar-refractivity contribution >= 4 is 11.0 Å². The van der Waals surface area contributed by atoms with Crippen LogP contribution in [-0.4, -0.2) is 19.9 Å². The van der Waals surface area contributed by atoms with E-state index in [2.05, 4.69) is 19.9 Å². The highest BCUT2D eigenvalue weighted by Gasteiger charge is 2.09. The number of aryl methyl sites for hydroxylation is 1. The Morgan fingerprint density at radius 1 is 1.05 bits per heavy atom. The van der Waals surface area contributed by atoms with Crippen LogP contribution in [0.15, 0.2) is 36.8 Å². The molecule has 0 saturated carbocycles. The molecule has 2 aromatic heterocycles. The van der Waals surface area contributed by atoms with E-state index >= 15 is 0 Å². The molecule has 3 rings (SSSR count). The average molecular weight is 265 g/mol. The zero-order valence-corrected chi connectivity index (χ0v) is 11.4. The van der Waals surface area contributed by atoms with Crippen LogP contribution in [0, 0.1) is 6.92 Å². The molecular weight excluding hydrogens is 250 g/mol. The minimum Gasteiger partial charge on any atom is -0.324 e. The van der Waals surface area contributed by atoms with Crippen molar-refractivity contribution in [3.05, 3.63) is 48.0 Å². The third-order valence-electron chi connectivity index (χ3n) is 3.24. The van der Waals surface area contributed by atoms with E-state index in [1.165, 1.54) is 0 Å². The van der Waals surface area contributed by atoms with Crippen molar-refractivity contribution in [2.45, 2.75) is 19.9 Å². The third kappa shape index (κ3) is 2.23. The molecule has 1 atom stereocenters. The molecule has 0 saturated heterocycles. The van der Waals surface area contributed by atoms with Crippen molar-refractivity contribution in [1.82, 2.24) is 19.9 Å². The van der Waals surface area contributed by atoms with Gasteiger partial charge in [-0.2, -0.15) is 0 Å². The first-order chi connectivity index (χ1) is 9.65. The number of aromatic nitrogens is 4. The molecule has 0 aliphatic rings. The lowest BCUT2D eigenvalue weighted by Crippen LogP contribution is -2.09. The number of hydrogen-bond donors (Lipinski definition) is 1. The molecule has 5 nitrogen and oxygen atoms in total. The van der Waals surface area contributed by atoms with E-state index < -0.39 is 0 Å². The molecule has 0 spiro atoms. The monoisotopic (exact) mass is 265 g/mol. The van der Waals surface area contributed by atoms with E-state index in [1.807, 2.05) is 32.0 Å². The Bertz CT molecular complexity index is 767. The van der Waals surface area contributed by atoms with E-state index in [0.717, 1.165) is 27.9 Å². The molecule has 20 heavy (non-hydrogen) atoms. The van der Waals surface area contributed by atoms with E-state index in [-0.39, 0.29) is 6.04 Å². The highest BCUT2D eigenvalue weighted by molar-refractivity contribution is 5.79. The number of benzene rings is 1. The molecule has 1 unspecified atom stereocenters. The highest BCUT2D eigenvalue weighted by atomic mass is 14.9. The lowest BCUT2D eigenvalue weighted by molar-refractivity contribution is 0.790. The Labute approximate surface area is 116 Å². The second-order valence-corrected chi connectivity index (χ2v) is 4.78. The largest absolute Gasteiger partial charge is 0.324 e. The summed E-state index contributed by atoms with van der Waals surface area (Å²) in [6, 6.07) is 5.77. The van der Waals surface area contributed by atoms with Gasteiger partial charge in [0.05, 0.1) is 11.0 Å². The number of rotatable bonds is 2. The zero-order chi connectivity index (χ0) is 14.1. The summed E-state index contributed by atoms with van der Waals surface area (Å²) < 4.78 is 0. The van der Waals surface area contributed by atoms with Crippen LogP contribution in [0.4, 0.5) is 0 Å². The molecule has 0 radical (unpaired) electrons. The summed E-state index contributed by atoms with van der Waals surface area (Å²) >= 11 is 0. The Morgan fingerprint density at radius 3 is 2.50 bits per heavy atom. The van der Waals surface area contributed by atoms with Gasteiger partial charge in [0.25, 0.3) is 0 Å². The number of nitrogens with two attached hydrogens (primary N) is 1. The van der Waals surface area contributed by atoms with Crippen LogP contribution < -0.4 is 5.73 Å². The summed E-state index contributed by atoms with van der Waals surface area (Å²) in [5, 5.41) is 0. The first kappa shape index (κ1) is 12.6. The molecule has 0 fully saturated rings. The van der Waals surface area contributed by atoms with Gasteiger partial charge in [-0.05, 0) is 32.0 Å². The summed E-state index contributed by atoms with van der Waals surface area (Å²) in [7, 11) is 0. The van der Waals surface area contributed by atoms with Gasteiger partial charge in [0, 0.05) is 41.5 Å². The highest BCUT2D eigenvalue weighted by Crippen LogP contribution is 2.21. The van der Waals surface area contributed by atoms with Crippen molar-refractivity contribution in [1.29, 1.82) is 0 Å². The molecule has 0 aliphatic heterocycles. The summed E-state index contributed by atoms with van der Waals surface area (Å²) in [5.41, 5.74) is 10.4. The summed E-state index contributed by atoms with van der Waals surface area (Å²) in [4.78, 5) is 17.5. The van der Waals surface area contributed by atoms with Gasteiger partial charge in [0.1, 0.15) is 0 Å². The van der Waals surface area contributed by atoms with E-state index in [1.54, 1.807) is 18.6 Å². The molecule has 0 aliphatic carbocycles. The quantitative estimate of drug-likeness (QED) is 0.770. The Hall–Kier alpha value is -2.40. The minimum absolute atomic E-state index is 0.0634. The van der Waals surface area contributed by atoms with Crippen LogP contribution in [0.5, 0.6) is 0 Å². The Morgan fingerprint density at radius 2 is 1.80 bits per heavy atom. The molecule has 3 aromatic rings. The van der Waals surface area contributed by atoms with Gasteiger partial charge >= 0.3 is 0 Å². The second-order valence-electron chi connectivity index (χ2n) is 4.78. The third-order valence-corrected chi connectivity index (χ3v) is 3.24. The number of fused-ring (bicyclic) bond motifs is 1. The van der Waals surface area contributed by atoms with E-state index in [9.17, 15) is 0 Å². The standard InChI is InChI=1S/C15H15N5/c1-9(16)12-8-19-15(20-10(12)2)11-3-4-13-14(7-11)18-6-5-17-13/h3-9H,16H2,1-2H3. The minimum atomic E-state index is -0.0634. The molecular formula is C15H15N5. The predicted molar refractivity (Wildman–Crippen MR) is 77.9 cm³/mol. The Balaban J connectivity index is 2.08. The fourth-order valence-corrected chi connectivity index (χ4v) is 2.16. The fourth-order valence-electron chi connectivity index (χ4n) is 2.16. The SMILES string of the molecule is Cc1nc(-c2ccc3nccnc3c2)ncc1C(C)N. The van der Waals surface area contributed by atoms with Gasteiger partial charge in [0.15, 0.2) is 5.82 Å². The van der Waals surface area contributed by atoms with Crippen LogP contribution in [0.1, 0.15) is 24.2 Å². The van der Waals surface area contributed by atoms with Gasteiger partial charge < -0.3 is 5.73 Å². The molecule has 100 valence electrons. The van der Waals surface area contributed by atoms with E-state index in [0.29, 0.717) is 5.82 Å². The van der Waals surface area contributed by atoms with Crippen LogP contribution >= 0.6 is 0 Å². The van der Waals surface area contributed by atoms with Gasteiger partial charge in [-0.15, -0.1) is 0 Å². The maximum atomic E-state index is 5.88. The summed E-state index contributed by atoms with van der Waals surface area (Å²) in [5.74, 6) is 0.680.